The molecule has 1 fully saturated rings. The number of carbonyl (C=O) groups excluding carboxylic acids is 1. The summed E-state index contributed by atoms with van der Waals surface area (Å²) in [4.78, 5) is 31.6. The van der Waals surface area contributed by atoms with E-state index in [1.54, 1.807) is 44.3 Å². The summed E-state index contributed by atoms with van der Waals surface area (Å²) in [5.41, 5.74) is 7.02. The van der Waals surface area contributed by atoms with Crippen molar-refractivity contribution < 1.29 is 32.2 Å². The molecule has 11 nitrogen and oxygen atoms in total. The minimum Gasteiger partial charge on any atom is -0.497 e. The maximum atomic E-state index is 15.5. The lowest BCUT2D eigenvalue weighted by Crippen LogP contribution is -2.38. The van der Waals surface area contributed by atoms with Crippen LogP contribution in [-0.2, 0) is 14.6 Å². The maximum absolute atomic E-state index is 15.5. The van der Waals surface area contributed by atoms with Crippen LogP contribution in [0.1, 0.15) is 49.9 Å². The number of rotatable bonds is 9. The van der Waals surface area contributed by atoms with Crippen LogP contribution in [0.25, 0.3) is 10.8 Å². The first-order chi connectivity index (χ1) is 21.4. The van der Waals surface area contributed by atoms with Gasteiger partial charge < -0.3 is 25.8 Å². The highest BCUT2D eigenvalue weighted by Gasteiger charge is 2.39. The number of halogens is 1. The number of nitrogen functional groups attached to an aromatic ring is 1. The van der Waals surface area contributed by atoms with E-state index in [0.29, 0.717) is 41.0 Å². The van der Waals surface area contributed by atoms with E-state index in [0.717, 1.165) is 5.39 Å². The number of likely N-dealkylation sites (tertiary alicyclic amines) is 1. The van der Waals surface area contributed by atoms with Gasteiger partial charge in [-0.15, -0.1) is 0 Å². The highest BCUT2D eigenvalue weighted by Crippen LogP contribution is 2.40. The first-order valence-corrected chi connectivity index (χ1v) is 15.9. The van der Waals surface area contributed by atoms with Gasteiger partial charge in [0.15, 0.2) is 9.84 Å². The number of sulfone groups is 1. The number of benzene rings is 3. The molecule has 1 aliphatic heterocycles. The van der Waals surface area contributed by atoms with E-state index in [9.17, 15) is 23.1 Å². The van der Waals surface area contributed by atoms with E-state index in [1.807, 2.05) is 0 Å². The minimum atomic E-state index is -3.82. The zero-order valence-electron chi connectivity index (χ0n) is 25.0. The molecule has 0 spiro atoms. The van der Waals surface area contributed by atoms with E-state index >= 15 is 4.39 Å². The number of nitrogens with one attached hydrogen (secondary N) is 2. The van der Waals surface area contributed by atoms with Crippen LogP contribution in [-0.4, -0.2) is 54.3 Å². The molecular formula is C32H34FN5O6S. The van der Waals surface area contributed by atoms with Crippen molar-refractivity contribution in [1.29, 1.82) is 0 Å². The van der Waals surface area contributed by atoms with Crippen molar-refractivity contribution in [3.63, 3.8) is 0 Å². The first kappa shape index (κ1) is 31.5. The normalized spacial score (nSPS) is 15.7. The summed E-state index contributed by atoms with van der Waals surface area (Å²) >= 11 is 0. The number of fused-ring (bicyclic) bond motifs is 1. The second-order valence-corrected chi connectivity index (χ2v) is 13.5. The summed E-state index contributed by atoms with van der Waals surface area (Å²) in [5.74, 6) is -0.442. The number of ether oxygens (including phenoxy) is 1. The van der Waals surface area contributed by atoms with Crippen molar-refractivity contribution in [1.82, 2.24) is 9.88 Å². The van der Waals surface area contributed by atoms with Gasteiger partial charge in [-0.25, -0.2) is 22.6 Å². The number of nitrogens with two attached hydrogens (primary N) is 1. The smallest absolute Gasteiger partial charge is 0.409 e. The molecule has 2 amide bonds. The molecular weight excluding hydrogens is 601 g/mol. The largest absolute Gasteiger partial charge is 0.497 e. The van der Waals surface area contributed by atoms with Crippen molar-refractivity contribution in [3.8, 4) is 5.75 Å². The lowest BCUT2D eigenvalue weighted by atomic mass is 10.00. The molecule has 3 aromatic carbocycles. The van der Waals surface area contributed by atoms with Gasteiger partial charge in [-0.05, 0) is 98.3 Å². The van der Waals surface area contributed by atoms with Crippen LogP contribution in [0.5, 0.6) is 5.75 Å². The van der Waals surface area contributed by atoms with Crippen molar-refractivity contribution in [3.05, 3.63) is 83.8 Å². The molecule has 0 radical (unpaired) electrons. The van der Waals surface area contributed by atoms with Crippen LogP contribution in [0.2, 0.25) is 0 Å². The molecule has 45 heavy (non-hydrogen) atoms. The molecule has 1 aromatic heterocycles. The number of carboxylic acid groups (broad SMARTS) is 1. The van der Waals surface area contributed by atoms with Gasteiger partial charge in [0.05, 0.1) is 23.3 Å². The molecule has 0 bridgehead atoms. The van der Waals surface area contributed by atoms with Gasteiger partial charge in [0, 0.05) is 35.1 Å². The minimum absolute atomic E-state index is 0.0101. The van der Waals surface area contributed by atoms with Crippen LogP contribution in [0.15, 0.2) is 71.8 Å². The molecule has 1 saturated heterocycles. The van der Waals surface area contributed by atoms with Crippen molar-refractivity contribution in [2.75, 3.05) is 30.0 Å². The number of anilines is 3. The molecule has 2 atom stereocenters. The monoisotopic (exact) mass is 635 g/mol. The summed E-state index contributed by atoms with van der Waals surface area (Å²) in [6, 6.07) is 13.4. The lowest BCUT2D eigenvalue weighted by molar-refractivity contribution is -0.133. The Morgan fingerprint density at radius 2 is 1.84 bits per heavy atom. The summed E-state index contributed by atoms with van der Waals surface area (Å²) in [6.07, 6.45) is 1.21. The number of hydrogen-bond acceptors (Lipinski definition) is 8. The summed E-state index contributed by atoms with van der Waals surface area (Å²) in [7, 11) is -2.38. The van der Waals surface area contributed by atoms with Gasteiger partial charge in [-0.3, -0.25) is 10.1 Å². The Morgan fingerprint density at radius 1 is 1.09 bits per heavy atom. The third-order valence-corrected chi connectivity index (χ3v) is 10.2. The van der Waals surface area contributed by atoms with Crippen molar-refractivity contribution >= 4 is 49.8 Å². The fourth-order valence-corrected chi connectivity index (χ4v) is 6.93. The van der Waals surface area contributed by atoms with E-state index in [-0.39, 0.29) is 22.7 Å². The van der Waals surface area contributed by atoms with E-state index in [1.165, 1.54) is 48.4 Å². The highest BCUT2D eigenvalue weighted by molar-refractivity contribution is 7.92. The van der Waals surface area contributed by atoms with Crippen LogP contribution in [0.4, 0.5) is 26.4 Å². The zero-order chi connectivity index (χ0) is 32.5. The van der Waals surface area contributed by atoms with Crippen LogP contribution in [0.3, 0.4) is 0 Å². The fraction of sp³-hybridized carbons (Fsp3) is 0.281. The molecule has 5 N–H and O–H groups in total. The second-order valence-electron chi connectivity index (χ2n) is 11.1. The molecule has 0 unspecified atom stereocenters. The number of methoxy groups -OCH3 is 1. The molecule has 0 aliphatic carbocycles. The summed E-state index contributed by atoms with van der Waals surface area (Å²) < 4.78 is 47.7. The quantitative estimate of drug-likeness (QED) is 0.179. The Kier molecular flexibility index (Phi) is 8.82. The Hall–Kier alpha value is -4.91. The molecule has 5 rings (SSSR count). The van der Waals surface area contributed by atoms with Crippen LogP contribution >= 0.6 is 0 Å². The van der Waals surface area contributed by atoms with E-state index in [2.05, 4.69) is 15.6 Å². The highest BCUT2D eigenvalue weighted by atomic mass is 32.2. The van der Waals surface area contributed by atoms with Gasteiger partial charge in [-0.2, -0.15) is 0 Å². The topological polar surface area (TPSA) is 164 Å². The van der Waals surface area contributed by atoms with Crippen LogP contribution in [0, 0.1) is 5.82 Å². The Morgan fingerprint density at radius 3 is 2.56 bits per heavy atom. The molecule has 2 heterocycles. The average Bonchev–Trinajstić information content (AvgIpc) is 3.50. The van der Waals surface area contributed by atoms with Gasteiger partial charge in [0.2, 0.25) is 5.91 Å². The average molecular weight is 636 g/mol. The van der Waals surface area contributed by atoms with Gasteiger partial charge in [0.1, 0.15) is 23.4 Å². The molecule has 1 aliphatic rings. The standard InChI is InChI=1S/C32H34FN5O6S/c1-18(2)45(42,43)28-11-7-21(37-32(40)41)16-25(28)27-5-4-14-38(27)31(39)29(24-17-22(44-3)8-10-26(24)33)36-20-6-9-23-19(15-20)12-13-35-30(23)34/h6-13,15-18,27,29,36-37H,4-5,14H2,1-3H3,(H2,34,35)(H,40,41)/t27-,29+/m1/s1. The van der Waals surface area contributed by atoms with Gasteiger partial charge >= 0.3 is 6.09 Å². The summed E-state index contributed by atoms with van der Waals surface area (Å²) in [5, 5.41) is 15.5. The Labute approximate surface area is 260 Å². The van der Waals surface area contributed by atoms with Crippen molar-refractivity contribution in [2.45, 2.75) is 48.9 Å². The van der Waals surface area contributed by atoms with Gasteiger partial charge in [-0.1, -0.05) is 0 Å². The number of aromatic nitrogens is 1. The predicted octanol–water partition coefficient (Wildman–Crippen LogP) is 5.75. The second kappa shape index (κ2) is 12.6. The number of nitrogens with zero attached hydrogens (tertiary/aromatic N) is 2. The SMILES string of the molecule is COc1ccc(F)c([C@H](Nc2ccc3c(N)nccc3c2)C(=O)N2CCC[C@@H]2c2cc(NC(=O)O)ccc2S(=O)(=O)C(C)C)c1. The fourth-order valence-electron chi connectivity index (χ4n) is 5.64. The number of carbonyl (C=O) groups is 2. The molecule has 4 aromatic rings. The number of pyridine rings is 1. The third-order valence-electron chi connectivity index (χ3n) is 7.95. The molecule has 13 heteroatoms. The Balaban J connectivity index is 1.61. The molecule has 0 saturated carbocycles. The maximum Gasteiger partial charge on any atom is 0.409 e. The van der Waals surface area contributed by atoms with Gasteiger partial charge in [0.25, 0.3) is 0 Å². The third kappa shape index (κ3) is 6.34. The molecule has 236 valence electrons. The Bertz CT molecular complexity index is 1880. The number of hydrogen-bond donors (Lipinski definition) is 4. The summed E-state index contributed by atoms with van der Waals surface area (Å²) in [6.45, 7) is 3.38. The van der Waals surface area contributed by atoms with Crippen LogP contribution < -0.4 is 21.1 Å². The van der Waals surface area contributed by atoms with E-state index < -0.39 is 45.0 Å². The lowest BCUT2D eigenvalue weighted by Gasteiger charge is -2.32. The van der Waals surface area contributed by atoms with E-state index in [4.69, 9.17) is 10.5 Å². The number of amides is 2. The van der Waals surface area contributed by atoms with Crippen molar-refractivity contribution in [2.24, 2.45) is 0 Å². The predicted molar refractivity (Wildman–Crippen MR) is 170 cm³/mol. The first-order valence-electron chi connectivity index (χ1n) is 14.3. The zero-order valence-corrected chi connectivity index (χ0v) is 25.8.